The van der Waals surface area contributed by atoms with Gasteiger partial charge in [0.1, 0.15) is 18.0 Å². The predicted octanol–water partition coefficient (Wildman–Crippen LogP) is 2.64. The topological polar surface area (TPSA) is 61.8 Å². The molecule has 0 aliphatic heterocycles. The Morgan fingerprint density at radius 2 is 1.60 bits per heavy atom. The van der Waals surface area contributed by atoms with Crippen molar-refractivity contribution in [2.75, 3.05) is 7.11 Å². The van der Waals surface area contributed by atoms with E-state index in [1.54, 1.807) is 26.2 Å². The average molecular weight is 280 g/mol. The zero-order valence-corrected chi connectivity index (χ0v) is 12.2. The van der Waals surface area contributed by atoms with Crippen molar-refractivity contribution in [3.63, 3.8) is 0 Å². The summed E-state index contributed by atoms with van der Waals surface area (Å²) in [6, 6.07) is 7.24. The van der Waals surface area contributed by atoms with Gasteiger partial charge in [-0.05, 0) is 24.6 Å². The van der Waals surface area contributed by atoms with Gasteiger partial charge in [0.2, 0.25) is 0 Å². The van der Waals surface area contributed by atoms with Crippen molar-refractivity contribution >= 4 is 11.9 Å². The van der Waals surface area contributed by atoms with Crippen LogP contribution in [0.2, 0.25) is 0 Å². The molecule has 0 fully saturated rings. The maximum absolute atomic E-state index is 11.2. The fraction of sp³-hybridized carbons (Fsp3) is 0.467. The third kappa shape index (κ3) is 5.30. The van der Waals surface area contributed by atoms with Gasteiger partial charge >= 0.3 is 11.9 Å². The summed E-state index contributed by atoms with van der Waals surface area (Å²) in [7, 11) is 1.58. The van der Waals surface area contributed by atoms with Crippen molar-refractivity contribution in [3.05, 3.63) is 29.8 Å². The first-order chi connectivity index (χ1) is 9.42. The number of methoxy groups -OCH3 is 1. The standard InChI is InChI=1S/C15H20O5/c1-10(19-11(2)16)9-15(20-12(3)17)13-5-7-14(18-4)8-6-13/h5-8,10,15H,9H2,1-4H3/t10-,15+/m0/s1. The summed E-state index contributed by atoms with van der Waals surface area (Å²) in [5.74, 6) is -0.00184. The molecule has 0 heterocycles. The minimum Gasteiger partial charge on any atom is -0.497 e. The Labute approximate surface area is 118 Å². The number of ether oxygens (including phenoxy) is 3. The summed E-state index contributed by atoms with van der Waals surface area (Å²) in [5.41, 5.74) is 0.833. The molecular formula is C15H20O5. The zero-order chi connectivity index (χ0) is 15.1. The molecule has 0 aromatic heterocycles. The summed E-state index contributed by atoms with van der Waals surface area (Å²) >= 11 is 0. The van der Waals surface area contributed by atoms with Crippen LogP contribution in [0.5, 0.6) is 5.75 Å². The van der Waals surface area contributed by atoms with Crippen LogP contribution < -0.4 is 4.74 Å². The maximum Gasteiger partial charge on any atom is 0.303 e. The van der Waals surface area contributed by atoms with Crippen molar-refractivity contribution in [2.24, 2.45) is 0 Å². The van der Waals surface area contributed by atoms with E-state index in [2.05, 4.69) is 0 Å². The predicted molar refractivity (Wildman–Crippen MR) is 73.3 cm³/mol. The van der Waals surface area contributed by atoms with Crippen LogP contribution in [-0.4, -0.2) is 25.2 Å². The monoisotopic (exact) mass is 280 g/mol. The van der Waals surface area contributed by atoms with Crippen LogP contribution in [0.3, 0.4) is 0 Å². The highest BCUT2D eigenvalue weighted by Crippen LogP contribution is 2.26. The number of esters is 2. The van der Waals surface area contributed by atoms with Crippen LogP contribution >= 0.6 is 0 Å². The van der Waals surface area contributed by atoms with Gasteiger partial charge in [-0.1, -0.05) is 12.1 Å². The van der Waals surface area contributed by atoms with Gasteiger partial charge in [0.15, 0.2) is 0 Å². The maximum atomic E-state index is 11.2. The van der Waals surface area contributed by atoms with Crippen LogP contribution in [-0.2, 0) is 19.1 Å². The fourth-order valence-corrected chi connectivity index (χ4v) is 1.90. The molecule has 1 aromatic rings. The van der Waals surface area contributed by atoms with Gasteiger partial charge < -0.3 is 14.2 Å². The highest BCUT2D eigenvalue weighted by molar-refractivity contribution is 5.66. The first kappa shape index (κ1) is 16.0. The number of hydrogen-bond donors (Lipinski definition) is 0. The molecule has 0 bridgehead atoms. The molecule has 5 heteroatoms. The number of rotatable bonds is 6. The van der Waals surface area contributed by atoms with Gasteiger partial charge in [-0.2, -0.15) is 0 Å². The molecule has 0 radical (unpaired) electrons. The third-order valence-corrected chi connectivity index (χ3v) is 2.71. The lowest BCUT2D eigenvalue weighted by atomic mass is 10.0. The third-order valence-electron chi connectivity index (χ3n) is 2.71. The molecule has 0 saturated carbocycles. The Balaban J connectivity index is 2.81. The molecule has 0 aliphatic rings. The van der Waals surface area contributed by atoms with E-state index in [1.165, 1.54) is 13.8 Å². The van der Waals surface area contributed by atoms with E-state index in [9.17, 15) is 9.59 Å². The summed E-state index contributed by atoms with van der Waals surface area (Å²) < 4.78 is 15.5. The van der Waals surface area contributed by atoms with Crippen molar-refractivity contribution < 1.29 is 23.8 Å². The van der Waals surface area contributed by atoms with E-state index in [-0.39, 0.29) is 18.0 Å². The van der Waals surface area contributed by atoms with E-state index in [0.717, 1.165) is 11.3 Å². The lowest BCUT2D eigenvalue weighted by Crippen LogP contribution is -2.19. The van der Waals surface area contributed by atoms with Gasteiger partial charge in [-0.3, -0.25) is 9.59 Å². The fourth-order valence-electron chi connectivity index (χ4n) is 1.90. The van der Waals surface area contributed by atoms with E-state index >= 15 is 0 Å². The van der Waals surface area contributed by atoms with Crippen molar-refractivity contribution in [2.45, 2.75) is 39.4 Å². The molecule has 1 rings (SSSR count). The van der Waals surface area contributed by atoms with E-state index < -0.39 is 6.10 Å². The molecule has 0 spiro atoms. The van der Waals surface area contributed by atoms with Crippen LogP contribution in [0.15, 0.2) is 24.3 Å². The second-order valence-corrected chi connectivity index (χ2v) is 4.53. The number of hydrogen-bond acceptors (Lipinski definition) is 5. The van der Waals surface area contributed by atoms with Gasteiger partial charge in [-0.15, -0.1) is 0 Å². The number of carbonyl (C=O) groups excluding carboxylic acids is 2. The second kappa shape index (κ2) is 7.53. The minimum atomic E-state index is -0.451. The highest BCUT2D eigenvalue weighted by atomic mass is 16.6. The van der Waals surface area contributed by atoms with Crippen LogP contribution in [0.1, 0.15) is 38.9 Å². The molecule has 0 saturated heterocycles. The summed E-state index contributed by atoms with van der Waals surface area (Å²) in [4.78, 5) is 22.1. The first-order valence-electron chi connectivity index (χ1n) is 6.40. The van der Waals surface area contributed by atoms with Gasteiger partial charge in [0.05, 0.1) is 7.11 Å². The normalized spacial score (nSPS) is 13.2. The van der Waals surface area contributed by atoms with Gasteiger partial charge in [0, 0.05) is 20.3 Å². The van der Waals surface area contributed by atoms with E-state index in [0.29, 0.717) is 6.42 Å². The Bertz CT molecular complexity index is 452. The van der Waals surface area contributed by atoms with Gasteiger partial charge in [-0.25, -0.2) is 0 Å². The Morgan fingerprint density at radius 1 is 1.05 bits per heavy atom. The smallest absolute Gasteiger partial charge is 0.303 e. The Morgan fingerprint density at radius 3 is 2.05 bits per heavy atom. The van der Waals surface area contributed by atoms with Crippen molar-refractivity contribution in [3.8, 4) is 5.75 Å². The average Bonchev–Trinajstić information content (AvgIpc) is 2.36. The molecule has 0 N–H and O–H groups in total. The number of carbonyl (C=O) groups is 2. The van der Waals surface area contributed by atoms with Crippen molar-refractivity contribution in [1.82, 2.24) is 0 Å². The molecule has 0 aliphatic carbocycles. The summed E-state index contributed by atoms with van der Waals surface area (Å²) in [6.45, 7) is 4.47. The molecule has 1 aromatic carbocycles. The first-order valence-corrected chi connectivity index (χ1v) is 6.40. The highest BCUT2D eigenvalue weighted by Gasteiger charge is 2.20. The lowest BCUT2D eigenvalue weighted by Gasteiger charge is -2.21. The summed E-state index contributed by atoms with van der Waals surface area (Å²) in [5, 5.41) is 0. The lowest BCUT2D eigenvalue weighted by molar-refractivity contribution is -0.152. The largest absolute Gasteiger partial charge is 0.497 e. The molecular weight excluding hydrogens is 260 g/mol. The zero-order valence-electron chi connectivity index (χ0n) is 12.2. The van der Waals surface area contributed by atoms with Crippen LogP contribution in [0.25, 0.3) is 0 Å². The molecule has 2 atom stereocenters. The molecule has 0 unspecified atom stereocenters. The quantitative estimate of drug-likeness (QED) is 0.750. The molecule has 20 heavy (non-hydrogen) atoms. The van der Waals surface area contributed by atoms with Crippen LogP contribution in [0.4, 0.5) is 0 Å². The SMILES string of the molecule is COc1ccc([C@@H](C[C@H](C)OC(C)=O)OC(C)=O)cc1. The minimum absolute atomic E-state index is 0.334. The molecule has 110 valence electrons. The Kier molecular flexibility index (Phi) is 6.03. The Hall–Kier alpha value is -2.04. The number of benzene rings is 1. The summed E-state index contributed by atoms with van der Waals surface area (Å²) in [6.07, 6.45) is -0.377. The van der Waals surface area contributed by atoms with E-state index in [4.69, 9.17) is 14.2 Å². The molecule has 5 nitrogen and oxygen atoms in total. The molecule has 0 amide bonds. The van der Waals surface area contributed by atoms with Crippen LogP contribution in [0, 0.1) is 0 Å². The second-order valence-electron chi connectivity index (χ2n) is 4.53. The van der Waals surface area contributed by atoms with E-state index in [1.807, 2.05) is 12.1 Å². The van der Waals surface area contributed by atoms with Crippen molar-refractivity contribution in [1.29, 1.82) is 0 Å². The van der Waals surface area contributed by atoms with Gasteiger partial charge in [0.25, 0.3) is 0 Å².